The number of alkyl halides is 6. The number of aromatic nitrogens is 1. The van der Waals surface area contributed by atoms with Gasteiger partial charge in [0, 0.05) is 11.7 Å². The number of amides is 2. The first-order chi connectivity index (χ1) is 16.5. The predicted molar refractivity (Wildman–Crippen MR) is 109 cm³/mol. The Balaban J connectivity index is 2.21. The number of pyridine rings is 1. The third-order valence-electron chi connectivity index (χ3n) is 5.07. The smallest absolute Gasteiger partial charge is 0.405 e. The lowest BCUT2D eigenvalue weighted by molar-refractivity contribution is -0.146. The molecule has 1 aliphatic rings. The van der Waals surface area contributed by atoms with E-state index in [9.17, 15) is 50.5 Å². The maximum atomic E-state index is 13.9. The molecule has 0 bridgehead atoms. The lowest BCUT2D eigenvalue weighted by Crippen LogP contribution is -2.40. The molecular weight excluding hydrogens is 507 g/mol. The summed E-state index contributed by atoms with van der Waals surface area (Å²) in [6.07, 6.45) is -16.5. The minimum Gasteiger partial charge on any atom is -0.405 e. The van der Waals surface area contributed by atoms with E-state index in [4.69, 9.17) is 4.74 Å². The number of ether oxygens (including phenoxy) is 1. The number of β-amino-alcohol motifs (C(OH)–C–C–N with tert-alkyl or cyclic N) is 1. The quantitative estimate of drug-likeness (QED) is 0.590. The highest BCUT2D eigenvalue weighted by Crippen LogP contribution is 2.45. The van der Waals surface area contributed by atoms with Crippen molar-refractivity contribution in [1.29, 1.82) is 0 Å². The molecule has 2 heterocycles. The SMILES string of the molecule is CC(C)N(C(=O)Oc1c(C(F)(F)F)cc(C(F)(F)F)nc1N1CC(O)C(O)C1=O)c1ccc(F)cc1. The number of hydrogen-bond acceptors (Lipinski definition) is 6. The molecule has 2 N–H and O–H groups in total. The number of hydrogen-bond donors (Lipinski definition) is 2. The number of carbonyl (C=O) groups is 2. The van der Waals surface area contributed by atoms with Gasteiger partial charge in [-0.2, -0.15) is 26.3 Å². The van der Waals surface area contributed by atoms with Crippen molar-refractivity contribution >= 4 is 23.5 Å². The Labute approximate surface area is 198 Å². The molecule has 8 nitrogen and oxygen atoms in total. The van der Waals surface area contributed by atoms with Crippen molar-refractivity contribution in [2.24, 2.45) is 0 Å². The molecular formula is C21H18F7N3O5. The molecule has 1 aliphatic heterocycles. The van der Waals surface area contributed by atoms with E-state index in [0.29, 0.717) is 0 Å². The Morgan fingerprint density at radius 2 is 1.69 bits per heavy atom. The van der Waals surface area contributed by atoms with Gasteiger partial charge in [-0.25, -0.2) is 14.2 Å². The summed E-state index contributed by atoms with van der Waals surface area (Å²) in [5, 5.41) is 19.4. The number of benzene rings is 1. The molecule has 1 aromatic carbocycles. The van der Waals surface area contributed by atoms with E-state index in [1.807, 2.05) is 0 Å². The largest absolute Gasteiger partial charge is 0.433 e. The Morgan fingerprint density at radius 3 is 2.14 bits per heavy atom. The second-order valence-electron chi connectivity index (χ2n) is 7.97. The lowest BCUT2D eigenvalue weighted by atomic mass is 10.1. The highest BCUT2D eigenvalue weighted by atomic mass is 19.4. The fourth-order valence-electron chi connectivity index (χ4n) is 3.40. The number of nitrogens with zero attached hydrogens (tertiary/aromatic N) is 3. The summed E-state index contributed by atoms with van der Waals surface area (Å²) < 4.78 is 99.9. The predicted octanol–water partition coefficient (Wildman–Crippen LogP) is 3.74. The van der Waals surface area contributed by atoms with E-state index in [0.717, 1.165) is 29.2 Å². The number of halogens is 7. The van der Waals surface area contributed by atoms with E-state index in [-0.39, 0.29) is 10.6 Å². The van der Waals surface area contributed by atoms with Gasteiger partial charge in [0.25, 0.3) is 5.91 Å². The molecule has 0 radical (unpaired) electrons. The van der Waals surface area contributed by atoms with Crippen molar-refractivity contribution in [3.63, 3.8) is 0 Å². The highest BCUT2D eigenvalue weighted by Gasteiger charge is 2.47. The first-order valence-electron chi connectivity index (χ1n) is 10.2. The van der Waals surface area contributed by atoms with Crippen molar-refractivity contribution in [1.82, 2.24) is 4.98 Å². The molecule has 36 heavy (non-hydrogen) atoms. The molecule has 2 atom stereocenters. The molecule has 2 unspecified atom stereocenters. The zero-order valence-electron chi connectivity index (χ0n) is 18.4. The van der Waals surface area contributed by atoms with Gasteiger partial charge in [0.15, 0.2) is 17.7 Å². The maximum absolute atomic E-state index is 13.9. The van der Waals surface area contributed by atoms with Crippen molar-refractivity contribution < 1.29 is 55.3 Å². The van der Waals surface area contributed by atoms with Crippen LogP contribution in [-0.2, 0) is 17.1 Å². The molecule has 0 saturated carbocycles. The van der Waals surface area contributed by atoms with E-state index >= 15 is 0 Å². The molecule has 2 aromatic rings. The van der Waals surface area contributed by atoms with Crippen LogP contribution >= 0.6 is 0 Å². The van der Waals surface area contributed by atoms with Crippen LogP contribution in [0.3, 0.4) is 0 Å². The second kappa shape index (κ2) is 9.54. The first-order valence-corrected chi connectivity index (χ1v) is 10.2. The average molecular weight is 525 g/mol. The van der Waals surface area contributed by atoms with Crippen LogP contribution in [0.2, 0.25) is 0 Å². The van der Waals surface area contributed by atoms with Gasteiger partial charge in [-0.05, 0) is 44.2 Å². The summed E-state index contributed by atoms with van der Waals surface area (Å²) in [5.74, 6) is -5.08. The summed E-state index contributed by atoms with van der Waals surface area (Å²) in [6, 6.07) is 2.96. The third-order valence-corrected chi connectivity index (χ3v) is 5.07. The molecule has 1 aromatic heterocycles. The molecule has 15 heteroatoms. The number of carbonyl (C=O) groups excluding carboxylic acids is 2. The van der Waals surface area contributed by atoms with E-state index in [1.165, 1.54) is 13.8 Å². The van der Waals surface area contributed by atoms with Gasteiger partial charge in [0.2, 0.25) is 0 Å². The number of rotatable bonds is 4. The zero-order chi connectivity index (χ0) is 27.2. The Morgan fingerprint density at radius 1 is 1.11 bits per heavy atom. The highest BCUT2D eigenvalue weighted by molar-refractivity contribution is 6.00. The molecule has 0 aliphatic carbocycles. The Bertz CT molecular complexity index is 1150. The standard InChI is InChI=1S/C21H18F7N3O5/c1-9(2)31(11-5-3-10(22)4-6-11)19(35)36-16-12(20(23,24)25)7-14(21(26,27)28)29-17(16)30-8-13(32)15(33)18(30)34/h3-7,9,13,15,32-33H,8H2,1-2H3. The van der Waals surface area contributed by atoms with Gasteiger partial charge in [0.05, 0.1) is 6.54 Å². The van der Waals surface area contributed by atoms with Gasteiger partial charge in [-0.3, -0.25) is 14.6 Å². The van der Waals surface area contributed by atoms with Crippen molar-refractivity contribution in [3.05, 3.63) is 47.4 Å². The minimum absolute atomic E-state index is 0.0190. The number of anilines is 2. The normalized spacial score (nSPS) is 18.7. The van der Waals surface area contributed by atoms with Crippen LogP contribution in [0.5, 0.6) is 5.75 Å². The third kappa shape index (κ3) is 5.36. The summed E-state index contributed by atoms with van der Waals surface area (Å²) in [4.78, 5) is 29.3. The number of aliphatic hydroxyl groups excluding tert-OH is 2. The van der Waals surface area contributed by atoms with Crippen molar-refractivity contribution in [3.8, 4) is 5.75 Å². The van der Waals surface area contributed by atoms with Gasteiger partial charge >= 0.3 is 18.4 Å². The van der Waals surface area contributed by atoms with Crippen LogP contribution in [0.1, 0.15) is 25.1 Å². The molecule has 0 spiro atoms. The summed E-state index contributed by atoms with van der Waals surface area (Å²) in [6.45, 7) is 1.93. The fraction of sp³-hybridized carbons (Fsp3) is 0.381. The molecule has 2 amide bonds. The van der Waals surface area contributed by atoms with E-state index in [2.05, 4.69) is 4.98 Å². The summed E-state index contributed by atoms with van der Waals surface area (Å²) in [7, 11) is 0. The topological polar surface area (TPSA) is 103 Å². The van der Waals surface area contributed by atoms with Crippen LogP contribution in [0.25, 0.3) is 0 Å². The molecule has 3 rings (SSSR count). The van der Waals surface area contributed by atoms with E-state index in [1.54, 1.807) is 0 Å². The Kier molecular flexibility index (Phi) is 7.19. The van der Waals surface area contributed by atoms with Gasteiger partial charge < -0.3 is 14.9 Å². The maximum Gasteiger partial charge on any atom is 0.433 e. The van der Waals surface area contributed by atoms with Gasteiger partial charge in [-0.1, -0.05) is 0 Å². The first kappa shape index (κ1) is 27.1. The summed E-state index contributed by atoms with van der Waals surface area (Å²) in [5.41, 5.74) is -4.17. The zero-order valence-corrected chi connectivity index (χ0v) is 18.4. The van der Waals surface area contributed by atoms with Crippen molar-refractivity contribution in [2.75, 3.05) is 16.3 Å². The van der Waals surface area contributed by atoms with Crippen LogP contribution in [0.15, 0.2) is 30.3 Å². The summed E-state index contributed by atoms with van der Waals surface area (Å²) >= 11 is 0. The van der Waals surface area contributed by atoms with Gasteiger partial charge in [-0.15, -0.1) is 0 Å². The van der Waals surface area contributed by atoms with Crippen LogP contribution in [0, 0.1) is 5.82 Å². The second-order valence-corrected chi connectivity index (χ2v) is 7.97. The van der Waals surface area contributed by atoms with Crippen molar-refractivity contribution in [2.45, 2.75) is 44.4 Å². The monoisotopic (exact) mass is 525 g/mol. The van der Waals surface area contributed by atoms with E-state index < -0.39 is 83.9 Å². The van der Waals surface area contributed by atoms with Crippen LogP contribution in [-0.4, -0.2) is 52.0 Å². The number of aliphatic hydroxyl groups is 2. The lowest BCUT2D eigenvalue weighted by Gasteiger charge is -2.28. The fourth-order valence-corrected chi connectivity index (χ4v) is 3.40. The Hall–Kier alpha value is -3.46. The van der Waals surface area contributed by atoms with Crippen LogP contribution < -0.4 is 14.5 Å². The molecule has 1 saturated heterocycles. The van der Waals surface area contributed by atoms with Gasteiger partial charge in [0.1, 0.15) is 23.2 Å². The minimum atomic E-state index is -5.52. The molecule has 1 fully saturated rings. The average Bonchev–Trinajstić information content (AvgIpc) is 3.00. The van der Waals surface area contributed by atoms with Crippen LogP contribution in [0.4, 0.5) is 47.0 Å². The molecule has 196 valence electrons.